The first-order valence-electron chi connectivity index (χ1n) is 11.4. The van der Waals surface area contributed by atoms with Crippen LogP contribution in [0.3, 0.4) is 0 Å². The highest BCUT2D eigenvalue weighted by atomic mass is 16.5. The summed E-state index contributed by atoms with van der Waals surface area (Å²) in [6, 6.07) is 0. The van der Waals surface area contributed by atoms with Crippen molar-refractivity contribution in [3.05, 3.63) is 23.0 Å². The van der Waals surface area contributed by atoms with Gasteiger partial charge in [-0.3, -0.25) is 9.59 Å². The summed E-state index contributed by atoms with van der Waals surface area (Å²) in [5.74, 6) is 2.57. The van der Waals surface area contributed by atoms with Crippen LogP contribution in [0.25, 0.3) is 0 Å². The Labute approximate surface area is 175 Å². The molecule has 6 atom stereocenters. The number of ether oxygens (including phenoxy) is 2. The van der Waals surface area contributed by atoms with E-state index in [9.17, 15) is 9.59 Å². The predicted molar refractivity (Wildman–Crippen MR) is 112 cm³/mol. The van der Waals surface area contributed by atoms with E-state index in [1.807, 2.05) is 6.92 Å². The summed E-state index contributed by atoms with van der Waals surface area (Å²) in [6.07, 6.45) is 11.4. The number of hydrogen-bond acceptors (Lipinski definition) is 4. The van der Waals surface area contributed by atoms with Crippen LogP contribution in [0.15, 0.2) is 23.0 Å². The van der Waals surface area contributed by atoms with Crippen LogP contribution in [0.5, 0.6) is 0 Å². The van der Waals surface area contributed by atoms with E-state index in [0.717, 1.165) is 37.9 Å². The van der Waals surface area contributed by atoms with E-state index in [1.165, 1.54) is 44.3 Å². The van der Waals surface area contributed by atoms with Crippen LogP contribution in [-0.4, -0.2) is 18.0 Å². The van der Waals surface area contributed by atoms with Crippen molar-refractivity contribution in [3.8, 4) is 0 Å². The third kappa shape index (κ3) is 3.37. The number of carbonyl (C=O) groups excluding carboxylic acids is 2. The Hall–Kier alpha value is -1.58. The highest BCUT2D eigenvalue weighted by molar-refractivity contribution is 5.67. The zero-order chi connectivity index (χ0) is 21.0. The molecule has 0 heterocycles. The molecule has 0 bridgehead atoms. The van der Waals surface area contributed by atoms with Gasteiger partial charge in [0.1, 0.15) is 11.9 Å². The summed E-state index contributed by atoms with van der Waals surface area (Å²) in [6.45, 7) is 9.88. The number of rotatable bonds is 2. The standard InChI is InChI=1S/C25H36O4/c1-15(28-16(2)26)21-8-9-22-20-7-6-18-14-19(29-17(3)27)10-12-24(18,4)23(20)11-13-25(21,22)5/h6,19-20,22-23H,7-14H2,1-5H3/b21-15+/t19-,20+,22+,23+,24-,25-/m0/s1. The van der Waals surface area contributed by atoms with E-state index in [-0.39, 0.29) is 28.9 Å². The molecule has 4 aliphatic rings. The first-order chi connectivity index (χ1) is 13.6. The molecule has 0 spiro atoms. The Morgan fingerprint density at radius 2 is 1.66 bits per heavy atom. The minimum absolute atomic E-state index is 0.0598. The molecule has 4 rings (SSSR count). The first kappa shape index (κ1) is 20.7. The maximum absolute atomic E-state index is 11.5. The van der Waals surface area contributed by atoms with Gasteiger partial charge in [-0.25, -0.2) is 0 Å². The molecule has 0 N–H and O–H groups in total. The van der Waals surface area contributed by atoms with Crippen molar-refractivity contribution in [1.29, 1.82) is 0 Å². The maximum Gasteiger partial charge on any atom is 0.307 e. The van der Waals surface area contributed by atoms with Crippen molar-refractivity contribution in [2.75, 3.05) is 0 Å². The molecular formula is C25H36O4. The van der Waals surface area contributed by atoms with E-state index in [0.29, 0.717) is 17.8 Å². The van der Waals surface area contributed by atoms with Gasteiger partial charge in [-0.2, -0.15) is 0 Å². The Kier molecular flexibility index (Phi) is 5.19. The quantitative estimate of drug-likeness (QED) is 0.338. The first-order valence-corrected chi connectivity index (χ1v) is 11.4. The number of allylic oxidation sites excluding steroid dienone is 3. The van der Waals surface area contributed by atoms with Crippen LogP contribution in [0.4, 0.5) is 0 Å². The average molecular weight is 401 g/mol. The summed E-state index contributed by atoms with van der Waals surface area (Å²) in [5, 5.41) is 0. The van der Waals surface area contributed by atoms with Crippen molar-refractivity contribution in [1.82, 2.24) is 0 Å². The summed E-state index contributed by atoms with van der Waals surface area (Å²) >= 11 is 0. The topological polar surface area (TPSA) is 52.6 Å². The monoisotopic (exact) mass is 400 g/mol. The summed E-state index contributed by atoms with van der Waals surface area (Å²) in [5.41, 5.74) is 3.33. The number of carbonyl (C=O) groups is 2. The Bertz CT molecular complexity index is 778. The van der Waals surface area contributed by atoms with Crippen LogP contribution in [0, 0.1) is 28.6 Å². The van der Waals surface area contributed by atoms with Crippen LogP contribution in [-0.2, 0) is 19.1 Å². The number of fused-ring (bicyclic) bond motifs is 5. The molecule has 0 aromatic carbocycles. The molecule has 4 nitrogen and oxygen atoms in total. The highest BCUT2D eigenvalue weighted by Crippen LogP contribution is 2.66. The van der Waals surface area contributed by atoms with E-state index in [4.69, 9.17) is 9.47 Å². The SMILES string of the molecule is CC(=O)O/C(C)=C1\CC[C@@H]2[C@H]3CC=C4C[C@@H](OC(C)=O)CC[C@]4(C)[C@@H]3CC[C@@]12C. The third-order valence-electron chi connectivity index (χ3n) is 8.90. The van der Waals surface area contributed by atoms with Gasteiger partial charge in [-0.15, -0.1) is 0 Å². The molecular weight excluding hydrogens is 364 g/mol. The molecule has 0 radical (unpaired) electrons. The number of esters is 2. The molecule has 0 aromatic rings. The van der Waals surface area contributed by atoms with E-state index >= 15 is 0 Å². The molecule has 4 aliphatic carbocycles. The van der Waals surface area contributed by atoms with E-state index in [2.05, 4.69) is 19.9 Å². The number of hydrogen-bond donors (Lipinski definition) is 0. The van der Waals surface area contributed by atoms with Gasteiger partial charge in [0.25, 0.3) is 0 Å². The Morgan fingerprint density at radius 1 is 0.966 bits per heavy atom. The highest BCUT2D eigenvalue weighted by Gasteiger charge is 2.57. The van der Waals surface area contributed by atoms with Crippen LogP contribution >= 0.6 is 0 Å². The predicted octanol–water partition coefficient (Wildman–Crippen LogP) is 5.72. The lowest BCUT2D eigenvalue weighted by Gasteiger charge is -2.57. The van der Waals surface area contributed by atoms with Gasteiger partial charge >= 0.3 is 11.9 Å². The van der Waals surface area contributed by atoms with Gasteiger partial charge < -0.3 is 9.47 Å². The molecule has 0 aromatic heterocycles. The van der Waals surface area contributed by atoms with Crippen LogP contribution in [0.2, 0.25) is 0 Å². The van der Waals surface area contributed by atoms with Gasteiger partial charge in [0.15, 0.2) is 0 Å². The Balaban J connectivity index is 1.59. The van der Waals surface area contributed by atoms with Crippen molar-refractivity contribution in [3.63, 3.8) is 0 Å². The van der Waals surface area contributed by atoms with Crippen molar-refractivity contribution in [2.24, 2.45) is 28.6 Å². The summed E-state index contributed by atoms with van der Waals surface area (Å²) in [4.78, 5) is 22.9. The zero-order valence-corrected chi connectivity index (χ0v) is 18.7. The third-order valence-corrected chi connectivity index (χ3v) is 8.90. The van der Waals surface area contributed by atoms with Gasteiger partial charge in [0.05, 0.1) is 0 Å². The van der Waals surface area contributed by atoms with E-state index in [1.54, 1.807) is 0 Å². The van der Waals surface area contributed by atoms with Gasteiger partial charge in [0.2, 0.25) is 0 Å². The molecule has 29 heavy (non-hydrogen) atoms. The second-order valence-electron chi connectivity index (χ2n) is 10.4. The molecule has 0 aliphatic heterocycles. The van der Waals surface area contributed by atoms with E-state index < -0.39 is 0 Å². The molecule has 0 unspecified atom stereocenters. The minimum atomic E-state index is -0.210. The van der Waals surface area contributed by atoms with Crippen LogP contribution < -0.4 is 0 Å². The second kappa shape index (κ2) is 7.28. The molecule has 3 fully saturated rings. The largest absolute Gasteiger partial charge is 0.462 e. The molecule has 160 valence electrons. The smallest absolute Gasteiger partial charge is 0.307 e. The van der Waals surface area contributed by atoms with Crippen molar-refractivity contribution < 1.29 is 19.1 Å². The fraction of sp³-hybridized carbons (Fsp3) is 0.760. The lowest BCUT2D eigenvalue weighted by atomic mass is 9.48. The zero-order valence-electron chi connectivity index (χ0n) is 18.7. The average Bonchev–Trinajstić information content (AvgIpc) is 2.98. The van der Waals surface area contributed by atoms with Gasteiger partial charge in [-0.1, -0.05) is 25.5 Å². The Morgan fingerprint density at radius 3 is 2.34 bits per heavy atom. The van der Waals surface area contributed by atoms with Crippen molar-refractivity contribution in [2.45, 2.75) is 92.1 Å². The van der Waals surface area contributed by atoms with Gasteiger partial charge in [0, 0.05) is 20.3 Å². The lowest BCUT2D eigenvalue weighted by molar-refractivity contribution is -0.148. The molecule has 4 heteroatoms. The summed E-state index contributed by atoms with van der Waals surface area (Å²) in [7, 11) is 0. The normalized spacial score (nSPS) is 42.7. The lowest BCUT2D eigenvalue weighted by Crippen LogP contribution is -2.49. The molecule has 3 saturated carbocycles. The minimum Gasteiger partial charge on any atom is -0.462 e. The van der Waals surface area contributed by atoms with Crippen LogP contribution in [0.1, 0.15) is 86.0 Å². The van der Waals surface area contributed by atoms with Crippen molar-refractivity contribution >= 4 is 11.9 Å². The summed E-state index contributed by atoms with van der Waals surface area (Å²) < 4.78 is 11.1. The van der Waals surface area contributed by atoms with Gasteiger partial charge in [-0.05, 0) is 86.0 Å². The fourth-order valence-electron chi connectivity index (χ4n) is 7.63. The molecule has 0 saturated heterocycles. The maximum atomic E-state index is 11.5. The molecule has 0 amide bonds. The second-order valence-corrected chi connectivity index (χ2v) is 10.4. The fourth-order valence-corrected chi connectivity index (χ4v) is 7.63.